The van der Waals surface area contributed by atoms with Crippen LogP contribution in [0.5, 0.6) is 0 Å². The van der Waals surface area contributed by atoms with Crippen LogP contribution in [0.25, 0.3) is 0 Å². The first kappa shape index (κ1) is 10.6. The van der Waals surface area contributed by atoms with Crippen LogP contribution in [0.3, 0.4) is 0 Å². The smallest absolute Gasteiger partial charge is 0.267 e. The molecular formula is C10H10N2OS2. The number of amides is 1. The van der Waals surface area contributed by atoms with E-state index in [1.807, 2.05) is 18.2 Å². The molecule has 5 heteroatoms. The van der Waals surface area contributed by atoms with Crippen LogP contribution in [0.4, 0.5) is 0 Å². The number of nitrogens with zero attached hydrogens (tertiary/aromatic N) is 1. The highest BCUT2D eigenvalue weighted by Crippen LogP contribution is 2.25. The van der Waals surface area contributed by atoms with Crippen molar-refractivity contribution < 1.29 is 4.79 Å². The third-order valence-electron chi connectivity index (χ3n) is 1.82. The van der Waals surface area contributed by atoms with Crippen molar-refractivity contribution in [3.63, 3.8) is 0 Å². The Hall–Kier alpha value is -0.940. The summed E-state index contributed by atoms with van der Waals surface area (Å²) in [5, 5.41) is 4.04. The highest BCUT2D eigenvalue weighted by Gasteiger charge is 2.10. The van der Waals surface area contributed by atoms with Gasteiger partial charge in [0, 0.05) is 17.1 Å². The van der Waals surface area contributed by atoms with Crippen LogP contribution in [0.15, 0.2) is 35.4 Å². The summed E-state index contributed by atoms with van der Waals surface area (Å²) in [6.07, 6.45) is 0. The van der Waals surface area contributed by atoms with Gasteiger partial charge in [0.25, 0.3) is 5.91 Å². The molecule has 1 saturated heterocycles. The molecule has 78 valence electrons. The fraction of sp³-hybridized carbons (Fsp3) is 0.200. The predicted octanol–water partition coefficient (Wildman–Crippen LogP) is 2.17. The highest BCUT2D eigenvalue weighted by atomic mass is 32.2. The fourth-order valence-electron chi connectivity index (χ4n) is 1.11. The Labute approximate surface area is 96.7 Å². The van der Waals surface area contributed by atoms with Crippen LogP contribution in [0, 0.1) is 0 Å². The van der Waals surface area contributed by atoms with Gasteiger partial charge in [-0.2, -0.15) is 5.10 Å². The van der Waals surface area contributed by atoms with Crippen molar-refractivity contribution in [2.24, 2.45) is 5.10 Å². The van der Waals surface area contributed by atoms with E-state index < -0.39 is 0 Å². The van der Waals surface area contributed by atoms with E-state index in [0.29, 0.717) is 5.56 Å². The van der Waals surface area contributed by atoms with Gasteiger partial charge in [0.2, 0.25) is 0 Å². The first-order valence-corrected chi connectivity index (χ1v) is 6.52. The molecule has 1 aromatic carbocycles. The van der Waals surface area contributed by atoms with Gasteiger partial charge < -0.3 is 0 Å². The Kier molecular flexibility index (Phi) is 3.69. The molecule has 1 aliphatic heterocycles. The van der Waals surface area contributed by atoms with Crippen molar-refractivity contribution in [1.82, 2.24) is 5.43 Å². The summed E-state index contributed by atoms with van der Waals surface area (Å²) >= 11 is 3.36. The van der Waals surface area contributed by atoms with Gasteiger partial charge in [-0.05, 0) is 12.1 Å². The lowest BCUT2D eigenvalue weighted by molar-refractivity contribution is 0.0955. The zero-order valence-corrected chi connectivity index (χ0v) is 9.61. The molecule has 1 aromatic rings. The Morgan fingerprint density at radius 1 is 1.20 bits per heavy atom. The first-order valence-electron chi connectivity index (χ1n) is 4.55. The van der Waals surface area contributed by atoms with E-state index in [9.17, 15) is 4.79 Å². The van der Waals surface area contributed by atoms with E-state index in [1.54, 1.807) is 35.7 Å². The quantitative estimate of drug-likeness (QED) is 0.803. The van der Waals surface area contributed by atoms with Gasteiger partial charge in [0.15, 0.2) is 0 Å². The Morgan fingerprint density at radius 2 is 1.87 bits per heavy atom. The molecule has 0 aromatic heterocycles. The van der Waals surface area contributed by atoms with Crippen LogP contribution in [0.2, 0.25) is 0 Å². The number of nitrogens with one attached hydrogen (secondary N) is 1. The van der Waals surface area contributed by atoms with Gasteiger partial charge in [-0.1, -0.05) is 41.7 Å². The summed E-state index contributed by atoms with van der Waals surface area (Å²) in [5.41, 5.74) is 3.18. The first-order chi connectivity index (χ1) is 7.36. The molecule has 0 spiro atoms. The van der Waals surface area contributed by atoms with Crippen LogP contribution in [0.1, 0.15) is 10.4 Å². The van der Waals surface area contributed by atoms with Crippen molar-refractivity contribution >= 4 is 33.8 Å². The standard InChI is InChI=1S/C10H10N2OS2/c13-9(8-4-2-1-3-5-8)11-12-10-14-6-7-15-10/h1-5H,6-7H2,(H,11,13). The van der Waals surface area contributed by atoms with Crippen molar-refractivity contribution in [1.29, 1.82) is 0 Å². The molecule has 15 heavy (non-hydrogen) atoms. The summed E-state index contributed by atoms with van der Waals surface area (Å²) in [5.74, 6) is 1.99. The lowest BCUT2D eigenvalue weighted by Crippen LogP contribution is -2.17. The molecule has 1 N–H and O–H groups in total. The van der Waals surface area contributed by atoms with Gasteiger partial charge in [-0.15, -0.1) is 0 Å². The van der Waals surface area contributed by atoms with Crippen LogP contribution in [-0.4, -0.2) is 21.8 Å². The SMILES string of the molecule is O=C(NN=C1SCCS1)c1ccccc1. The minimum atomic E-state index is -0.156. The summed E-state index contributed by atoms with van der Waals surface area (Å²) in [6, 6.07) is 9.09. The maximum Gasteiger partial charge on any atom is 0.271 e. The molecule has 0 atom stereocenters. The van der Waals surface area contributed by atoms with E-state index >= 15 is 0 Å². The summed E-state index contributed by atoms with van der Waals surface area (Å²) in [7, 11) is 0. The van der Waals surface area contributed by atoms with E-state index in [1.165, 1.54) is 0 Å². The molecule has 2 rings (SSSR count). The second-order valence-corrected chi connectivity index (χ2v) is 5.31. The monoisotopic (exact) mass is 238 g/mol. The van der Waals surface area contributed by atoms with Crippen molar-refractivity contribution in [3.8, 4) is 0 Å². The molecule has 1 amide bonds. The third-order valence-corrected chi connectivity index (χ3v) is 4.28. The summed E-state index contributed by atoms with van der Waals surface area (Å²) < 4.78 is 0.944. The van der Waals surface area contributed by atoms with Gasteiger partial charge in [-0.3, -0.25) is 4.79 Å². The Balaban J connectivity index is 1.95. The van der Waals surface area contributed by atoms with Crippen molar-refractivity contribution in [2.45, 2.75) is 0 Å². The summed E-state index contributed by atoms with van der Waals surface area (Å²) in [4.78, 5) is 11.6. The number of hydrogen-bond donors (Lipinski definition) is 1. The number of benzene rings is 1. The number of thioether (sulfide) groups is 2. The zero-order valence-electron chi connectivity index (χ0n) is 7.97. The number of carbonyl (C=O) groups excluding carboxylic acids is 1. The molecule has 0 unspecified atom stereocenters. The van der Waals surface area contributed by atoms with E-state index in [4.69, 9.17) is 0 Å². The predicted molar refractivity (Wildman–Crippen MR) is 66.3 cm³/mol. The van der Waals surface area contributed by atoms with E-state index in [2.05, 4.69) is 10.5 Å². The molecule has 1 aliphatic rings. The van der Waals surface area contributed by atoms with Crippen LogP contribution in [-0.2, 0) is 0 Å². The fourth-order valence-corrected chi connectivity index (χ4v) is 3.18. The Morgan fingerprint density at radius 3 is 2.53 bits per heavy atom. The lowest BCUT2D eigenvalue weighted by Gasteiger charge is -1.99. The molecule has 0 aliphatic carbocycles. The molecule has 0 radical (unpaired) electrons. The molecule has 0 bridgehead atoms. The normalized spacial score (nSPS) is 15.1. The largest absolute Gasteiger partial charge is 0.271 e. The van der Waals surface area contributed by atoms with Gasteiger partial charge in [0.05, 0.1) is 0 Å². The zero-order chi connectivity index (χ0) is 10.5. The molecule has 3 nitrogen and oxygen atoms in total. The third kappa shape index (κ3) is 3.00. The molecule has 1 fully saturated rings. The minimum Gasteiger partial charge on any atom is -0.267 e. The average Bonchev–Trinajstić information content (AvgIpc) is 2.80. The highest BCUT2D eigenvalue weighted by molar-refractivity contribution is 8.41. The molecule has 0 saturated carbocycles. The second-order valence-electron chi connectivity index (χ2n) is 2.88. The van der Waals surface area contributed by atoms with Gasteiger partial charge in [-0.25, -0.2) is 5.43 Å². The topological polar surface area (TPSA) is 41.5 Å². The number of carbonyl (C=O) groups is 1. The minimum absolute atomic E-state index is 0.156. The molecule has 1 heterocycles. The number of hydrazone groups is 1. The molecular weight excluding hydrogens is 228 g/mol. The second kappa shape index (κ2) is 5.23. The van der Waals surface area contributed by atoms with E-state index in [-0.39, 0.29) is 5.91 Å². The lowest BCUT2D eigenvalue weighted by atomic mass is 10.2. The maximum atomic E-state index is 11.6. The average molecular weight is 238 g/mol. The van der Waals surface area contributed by atoms with Crippen LogP contribution < -0.4 is 5.43 Å². The van der Waals surface area contributed by atoms with Gasteiger partial charge in [0.1, 0.15) is 4.38 Å². The van der Waals surface area contributed by atoms with Crippen molar-refractivity contribution in [2.75, 3.05) is 11.5 Å². The summed E-state index contributed by atoms with van der Waals surface area (Å²) in [6.45, 7) is 0. The van der Waals surface area contributed by atoms with Crippen LogP contribution >= 0.6 is 23.5 Å². The Bertz CT molecular complexity index is 370. The number of rotatable bonds is 2. The van der Waals surface area contributed by atoms with Gasteiger partial charge >= 0.3 is 0 Å². The maximum absolute atomic E-state index is 11.6. The van der Waals surface area contributed by atoms with E-state index in [0.717, 1.165) is 15.9 Å². The van der Waals surface area contributed by atoms with Crippen molar-refractivity contribution in [3.05, 3.63) is 35.9 Å². The number of hydrogen-bond acceptors (Lipinski definition) is 4.